The summed E-state index contributed by atoms with van der Waals surface area (Å²) in [5, 5.41) is 9.54. The van der Waals surface area contributed by atoms with E-state index in [9.17, 15) is 4.79 Å². The maximum Gasteiger partial charge on any atom is 0.328 e. The van der Waals surface area contributed by atoms with E-state index in [1.54, 1.807) is 6.07 Å². The van der Waals surface area contributed by atoms with Gasteiger partial charge in [-0.15, -0.1) is 0 Å². The summed E-state index contributed by atoms with van der Waals surface area (Å²) in [6, 6.07) is 3.03. The Morgan fingerprint density at radius 1 is 1.44 bits per heavy atom. The van der Waals surface area contributed by atoms with Crippen LogP contribution in [0.2, 0.25) is 10.0 Å². The van der Waals surface area contributed by atoms with Crippen LogP contribution in [0.4, 0.5) is 0 Å². The Morgan fingerprint density at radius 3 is 2.67 bits per heavy atom. The number of rotatable bonds is 5. The van der Waals surface area contributed by atoms with Crippen LogP contribution in [0.3, 0.4) is 0 Å². The van der Waals surface area contributed by atoms with Crippen molar-refractivity contribution in [3.05, 3.63) is 45.4 Å². The van der Waals surface area contributed by atoms with Crippen LogP contribution in [-0.4, -0.2) is 17.7 Å². The summed E-state index contributed by atoms with van der Waals surface area (Å²) in [6.45, 7) is 3.55. The maximum absolute atomic E-state index is 10.5. The van der Waals surface area contributed by atoms with E-state index >= 15 is 0 Å². The summed E-state index contributed by atoms with van der Waals surface area (Å²) in [4.78, 5) is 10.5. The summed E-state index contributed by atoms with van der Waals surface area (Å²) in [6.07, 6.45) is 2.30. The second kappa shape index (κ2) is 6.69. The van der Waals surface area contributed by atoms with E-state index in [1.807, 2.05) is 0 Å². The van der Waals surface area contributed by atoms with Crippen molar-refractivity contribution < 1.29 is 14.6 Å². The van der Waals surface area contributed by atoms with Gasteiger partial charge >= 0.3 is 5.97 Å². The first-order valence-electron chi connectivity index (χ1n) is 4.76. The number of carboxylic acids is 1. The zero-order valence-corrected chi connectivity index (χ0v) is 11.4. The summed E-state index contributed by atoms with van der Waals surface area (Å²) in [5.41, 5.74) is 0.452. The lowest BCUT2D eigenvalue weighted by Gasteiger charge is -2.11. The molecular weight excluding hydrogens is 298 g/mol. The third kappa shape index (κ3) is 4.61. The molecule has 0 saturated carbocycles. The molecule has 3 nitrogen and oxygen atoms in total. The van der Waals surface area contributed by atoms with Crippen molar-refractivity contribution in [1.82, 2.24) is 0 Å². The van der Waals surface area contributed by atoms with Crippen LogP contribution in [0, 0.1) is 0 Å². The van der Waals surface area contributed by atoms with E-state index in [2.05, 4.69) is 6.58 Å². The van der Waals surface area contributed by atoms with Crippen LogP contribution in [0.1, 0.15) is 5.56 Å². The first-order valence-corrected chi connectivity index (χ1v) is 5.89. The van der Waals surface area contributed by atoms with Crippen LogP contribution in [-0.2, 0) is 4.79 Å². The highest BCUT2D eigenvalue weighted by Crippen LogP contribution is 2.33. The topological polar surface area (TPSA) is 46.5 Å². The third-order valence-electron chi connectivity index (χ3n) is 1.82. The summed E-state index contributed by atoms with van der Waals surface area (Å²) in [7, 11) is 0. The number of benzene rings is 1. The SMILES string of the molecule is C=C(Cl)COc1c(Cl)cc(Cl)cc1/C=C/C(=O)O. The molecule has 0 aromatic heterocycles. The molecule has 0 heterocycles. The van der Waals surface area contributed by atoms with Gasteiger partial charge in [0.2, 0.25) is 0 Å². The molecule has 1 aromatic rings. The Labute approximate surface area is 119 Å². The van der Waals surface area contributed by atoms with Crippen molar-refractivity contribution in [3.8, 4) is 5.75 Å². The lowest BCUT2D eigenvalue weighted by Crippen LogP contribution is -1.99. The molecule has 0 saturated heterocycles. The summed E-state index contributed by atoms with van der Waals surface area (Å²) in [5.74, 6) is -0.779. The monoisotopic (exact) mass is 306 g/mol. The molecule has 1 aromatic carbocycles. The van der Waals surface area contributed by atoms with Gasteiger partial charge in [-0.25, -0.2) is 4.79 Å². The fourth-order valence-electron chi connectivity index (χ4n) is 1.17. The molecule has 0 radical (unpaired) electrons. The van der Waals surface area contributed by atoms with Crippen molar-refractivity contribution in [1.29, 1.82) is 0 Å². The van der Waals surface area contributed by atoms with Gasteiger partial charge in [-0.1, -0.05) is 41.4 Å². The average Bonchev–Trinajstić information content (AvgIpc) is 2.24. The van der Waals surface area contributed by atoms with Gasteiger partial charge in [-0.2, -0.15) is 0 Å². The quantitative estimate of drug-likeness (QED) is 0.828. The fourth-order valence-corrected chi connectivity index (χ4v) is 1.79. The molecule has 0 aliphatic rings. The second-order valence-corrected chi connectivity index (χ2v) is 4.66. The molecule has 0 spiro atoms. The molecule has 0 unspecified atom stereocenters. The Kier molecular flexibility index (Phi) is 5.54. The van der Waals surface area contributed by atoms with Gasteiger partial charge in [0.05, 0.1) is 5.02 Å². The number of carboxylic acid groups (broad SMARTS) is 1. The van der Waals surface area contributed by atoms with Crippen molar-refractivity contribution >= 4 is 46.8 Å². The van der Waals surface area contributed by atoms with Crippen molar-refractivity contribution in [2.45, 2.75) is 0 Å². The van der Waals surface area contributed by atoms with Gasteiger partial charge in [-0.3, -0.25) is 0 Å². The number of carbonyl (C=O) groups is 1. The molecule has 0 amide bonds. The van der Waals surface area contributed by atoms with Crippen molar-refractivity contribution in [3.63, 3.8) is 0 Å². The minimum Gasteiger partial charge on any atom is -0.486 e. The summed E-state index contributed by atoms with van der Waals surface area (Å²) >= 11 is 17.4. The Hall–Kier alpha value is -1.16. The first-order chi connectivity index (χ1) is 8.40. The van der Waals surface area contributed by atoms with Gasteiger partial charge in [0.15, 0.2) is 0 Å². The molecule has 0 aliphatic heterocycles. The number of halogens is 3. The highest BCUT2D eigenvalue weighted by atomic mass is 35.5. The highest BCUT2D eigenvalue weighted by molar-refractivity contribution is 6.36. The van der Waals surface area contributed by atoms with Gasteiger partial charge in [0.1, 0.15) is 12.4 Å². The first kappa shape index (κ1) is 14.9. The number of hydrogen-bond donors (Lipinski definition) is 1. The lowest BCUT2D eigenvalue weighted by molar-refractivity contribution is -0.131. The van der Waals surface area contributed by atoms with Crippen LogP contribution < -0.4 is 4.74 Å². The van der Waals surface area contributed by atoms with Crippen LogP contribution >= 0.6 is 34.8 Å². The van der Waals surface area contributed by atoms with Gasteiger partial charge in [0, 0.05) is 21.7 Å². The minimum atomic E-state index is -1.08. The third-order valence-corrected chi connectivity index (χ3v) is 2.42. The van der Waals surface area contributed by atoms with E-state index in [-0.39, 0.29) is 11.6 Å². The summed E-state index contributed by atoms with van der Waals surface area (Å²) < 4.78 is 5.35. The molecule has 1 N–H and O–H groups in total. The molecule has 18 heavy (non-hydrogen) atoms. The van der Waals surface area contributed by atoms with Gasteiger partial charge in [0.25, 0.3) is 0 Å². The van der Waals surface area contributed by atoms with E-state index in [1.165, 1.54) is 12.1 Å². The maximum atomic E-state index is 10.5. The van der Waals surface area contributed by atoms with Crippen LogP contribution in [0.5, 0.6) is 5.75 Å². The van der Waals surface area contributed by atoms with Gasteiger partial charge in [-0.05, 0) is 18.2 Å². The molecule has 0 bridgehead atoms. The number of hydrogen-bond acceptors (Lipinski definition) is 2. The Morgan fingerprint density at radius 2 is 2.11 bits per heavy atom. The van der Waals surface area contributed by atoms with E-state index in [4.69, 9.17) is 44.6 Å². The Bertz CT molecular complexity index is 510. The normalized spacial score (nSPS) is 10.6. The fraction of sp³-hybridized carbons (Fsp3) is 0.0833. The van der Waals surface area contributed by atoms with Crippen LogP contribution in [0.25, 0.3) is 6.08 Å². The molecule has 96 valence electrons. The number of ether oxygens (including phenoxy) is 1. The standard InChI is InChI=1S/C12H9Cl3O3/c1-7(13)6-18-12-8(2-3-11(16)17)4-9(14)5-10(12)15/h2-5H,1,6H2,(H,16,17)/b3-2+. The zero-order valence-electron chi connectivity index (χ0n) is 9.12. The molecular formula is C12H9Cl3O3. The van der Waals surface area contributed by atoms with E-state index < -0.39 is 5.97 Å². The largest absolute Gasteiger partial charge is 0.486 e. The average molecular weight is 308 g/mol. The van der Waals surface area contributed by atoms with Crippen molar-refractivity contribution in [2.75, 3.05) is 6.61 Å². The predicted molar refractivity (Wildman–Crippen MR) is 73.6 cm³/mol. The number of aliphatic carboxylic acids is 1. The van der Waals surface area contributed by atoms with Crippen LogP contribution in [0.15, 0.2) is 29.8 Å². The van der Waals surface area contributed by atoms with Gasteiger partial charge < -0.3 is 9.84 Å². The minimum absolute atomic E-state index is 0.0663. The van der Waals surface area contributed by atoms with E-state index in [0.717, 1.165) is 6.08 Å². The molecule has 0 atom stereocenters. The smallest absolute Gasteiger partial charge is 0.328 e. The predicted octanol–water partition coefficient (Wildman–Crippen LogP) is 4.22. The second-order valence-electron chi connectivity index (χ2n) is 3.28. The molecule has 0 aliphatic carbocycles. The lowest BCUT2D eigenvalue weighted by atomic mass is 10.2. The highest BCUT2D eigenvalue weighted by Gasteiger charge is 2.09. The van der Waals surface area contributed by atoms with E-state index in [0.29, 0.717) is 21.4 Å². The zero-order chi connectivity index (χ0) is 13.7. The Balaban J connectivity index is 3.12. The molecule has 0 fully saturated rings. The molecule has 1 rings (SSSR count). The van der Waals surface area contributed by atoms with Crippen molar-refractivity contribution in [2.24, 2.45) is 0 Å². The molecule has 6 heteroatoms.